The summed E-state index contributed by atoms with van der Waals surface area (Å²) >= 11 is 0. The smallest absolute Gasteiger partial charge is 0.338 e. The van der Waals surface area contributed by atoms with Crippen LogP contribution in [0, 0.1) is 0 Å². The van der Waals surface area contributed by atoms with E-state index in [0.29, 0.717) is 5.76 Å². The Morgan fingerprint density at radius 1 is 1.20 bits per heavy atom. The van der Waals surface area contributed by atoms with E-state index in [1.165, 1.54) is 44.6 Å². The SMILES string of the molecule is CN(C)S(=O)(=O)c1cccc(C(=O)OCC(=O)NCc2ccco2)c1. The van der Waals surface area contributed by atoms with Gasteiger partial charge in [-0.25, -0.2) is 17.5 Å². The van der Waals surface area contributed by atoms with Crippen LogP contribution in [0.15, 0.2) is 52.0 Å². The number of nitrogens with zero attached hydrogens (tertiary/aromatic N) is 1. The summed E-state index contributed by atoms with van der Waals surface area (Å²) in [6.45, 7) is -0.301. The van der Waals surface area contributed by atoms with Gasteiger partial charge < -0.3 is 14.5 Å². The second kappa shape index (κ2) is 7.95. The first-order valence-electron chi connectivity index (χ1n) is 7.29. The fraction of sp³-hybridized carbons (Fsp3) is 0.250. The minimum absolute atomic E-state index is 0.0331. The van der Waals surface area contributed by atoms with Gasteiger partial charge in [-0.1, -0.05) is 6.07 Å². The fourth-order valence-corrected chi connectivity index (χ4v) is 2.81. The van der Waals surface area contributed by atoms with E-state index in [-0.39, 0.29) is 17.0 Å². The number of carbonyl (C=O) groups is 2. The quantitative estimate of drug-likeness (QED) is 0.733. The van der Waals surface area contributed by atoms with Gasteiger partial charge in [-0.2, -0.15) is 0 Å². The summed E-state index contributed by atoms with van der Waals surface area (Å²) in [4.78, 5) is 23.6. The number of rotatable bonds is 7. The van der Waals surface area contributed by atoms with Crippen LogP contribution < -0.4 is 5.32 Å². The monoisotopic (exact) mass is 366 g/mol. The number of benzene rings is 1. The summed E-state index contributed by atoms with van der Waals surface area (Å²) < 4.78 is 35.1. The number of amides is 1. The molecule has 0 radical (unpaired) electrons. The van der Waals surface area contributed by atoms with Crippen LogP contribution in [0.25, 0.3) is 0 Å². The van der Waals surface area contributed by atoms with Gasteiger partial charge in [0.05, 0.1) is 23.3 Å². The van der Waals surface area contributed by atoms with Crippen LogP contribution in [0.4, 0.5) is 0 Å². The van der Waals surface area contributed by atoms with Crippen LogP contribution >= 0.6 is 0 Å². The van der Waals surface area contributed by atoms with Crippen molar-refractivity contribution >= 4 is 21.9 Å². The number of hydrogen-bond acceptors (Lipinski definition) is 6. The summed E-state index contributed by atoms with van der Waals surface area (Å²) in [5.74, 6) is -0.716. The maximum atomic E-state index is 12.1. The molecule has 0 aliphatic heterocycles. The first kappa shape index (κ1) is 18.7. The highest BCUT2D eigenvalue weighted by molar-refractivity contribution is 7.89. The molecule has 1 heterocycles. The standard InChI is InChI=1S/C16H18N2O6S/c1-18(2)25(21,22)14-7-3-5-12(9-14)16(20)24-11-15(19)17-10-13-6-4-8-23-13/h3-9H,10-11H2,1-2H3,(H,17,19). The highest BCUT2D eigenvalue weighted by Crippen LogP contribution is 2.15. The second-order valence-electron chi connectivity index (χ2n) is 5.25. The fourth-order valence-electron chi connectivity index (χ4n) is 1.86. The van der Waals surface area contributed by atoms with Gasteiger partial charge in [-0.15, -0.1) is 0 Å². The van der Waals surface area contributed by atoms with Crippen molar-refractivity contribution in [2.24, 2.45) is 0 Å². The number of ether oxygens (including phenoxy) is 1. The minimum atomic E-state index is -3.66. The summed E-state index contributed by atoms with van der Waals surface area (Å²) in [5.41, 5.74) is 0.0433. The molecule has 8 nitrogen and oxygen atoms in total. The Balaban J connectivity index is 1.93. The Morgan fingerprint density at radius 2 is 1.96 bits per heavy atom. The molecular formula is C16H18N2O6S. The van der Waals surface area contributed by atoms with E-state index < -0.39 is 28.5 Å². The molecule has 0 fully saturated rings. The average molecular weight is 366 g/mol. The highest BCUT2D eigenvalue weighted by Gasteiger charge is 2.19. The molecule has 0 spiro atoms. The van der Waals surface area contributed by atoms with E-state index in [1.807, 2.05) is 0 Å². The van der Waals surface area contributed by atoms with Crippen LogP contribution in [0.3, 0.4) is 0 Å². The lowest BCUT2D eigenvalue weighted by Crippen LogP contribution is -2.28. The van der Waals surface area contributed by atoms with Crippen molar-refractivity contribution in [1.82, 2.24) is 9.62 Å². The third-order valence-electron chi connectivity index (χ3n) is 3.22. The van der Waals surface area contributed by atoms with E-state index in [0.717, 1.165) is 4.31 Å². The zero-order valence-corrected chi connectivity index (χ0v) is 14.6. The van der Waals surface area contributed by atoms with E-state index in [2.05, 4.69) is 5.32 Å². The number of furan rings is 1. The van der Waals surface area contributed by atoms with E-state index in [9.17, 15) is 18.0 Å². The van der Waals surface area contributed by atoms with Crippen molar-refractivity contribution in [3.05, 3.63) is 54.0 Å². The summed E-state index contributed by atoms with van der Waals surface area (Å²) in [6, 6.07) is 8.82. The Labute approximate surface area is 145 Å². The van der Waals surface area contributed by atoms with Gasteiger partial charge in [-0.3, -0.25) is 4.79 Å². The van der Waals surface area contributed by atoms with Gasteiger partial charge in [0, 0.05) is 14.1 Å². The van der Waals surface area contributed by atoms with Crippen LogP contribution in [0.5, 0.6) is 0 Å². The molecular weight excluding hydrogens is 348 g/mol. The lowest BCUT2D eigenvalue weighted by molar-refractivity contribution is -0.124. The van der Waals surface area contributed by atoms with Gasteiger partial charge in [0.2, 0.25) is 10.0 Å². The molecule has 1 N–H and O–H groups in total. The van der Waals surface area contributed by atoms with Crippen molar-refractivity contribution in [1.29, 1.82) is 0 Å². The molecule has 2 rings (SSSR count). The Bertz CT molecular complexity index is 843. The summed E-state index contributed by atoms with van der Waals surface area (Å²) in [6.07, 6.45) is 1.48. The van der Waals surface area contributed by atoms with Crippen LogP contribution in [-0.2, 0) is 26.1 Å². The average Bonchev–Trinajstić information content (AvgIpc) is 3.11. The van der Waals surface area contributed by atoms with Crippen LogP contribution in [0.1, 0.15) is 16.1 Å². The predicted molar refractivity (Wildman–Crippen MR) is 88.2 cm³/mol. The van der Waals surface area contributed by atoms with E-state index in [4.69, 9.17) is 9.15 Å². The van der Waals surface area contributed by atoms with Crippen molar-refractivity contribution in [3.63, 3.8) is 0 Å². The topological polar surface area (TPSA) is 106 Å². The zero-order chi connectivity index (χ0) is 18.4. The van der Waals surface area contributed by atoms with Crippen LogP contribution in [-0.4, -0.2) is 45.3 Å². The minimum Gasteiger partial charge on any atom is -0.467 e. The molecule has 0 bridgehead atoms. The number of hydrogen-bond donors (Lipinski definition) is 1. The van der Waals surface area contributed by atoms with Crippen molar-refractivity contribution in [3.8, 4) is 0 Å². The molecule has 0 unspecified atom stereocenters. The van der Waals surface area contributed by atoms with Crippen molar-refractivity contribution < 1.29 is 27.2 Å². The van der Waals surface area contributed by atoms with Gasteiger partial charge >= 0.3 is 5.97 Å². The molecule has 1 aromatic carbocycles. The number of sulfonamides is 1. The zero-order valence-electron chi connectivity index (χ0n) is 13.8. The Morgan fingerprint density at radius 3 is 2.60 bits per heavy atom. The molecule has 2 aromatic rings. The molecule has 1 amide bonds. The molecule has 0 saturated heterocycles. The number of nitrogens with one attached hydrogen (secondary N) is 1. The lowest BCUT2D eigenvalue weighted by Gasteiger charge is -2.12. The van der Waals surface area contributed by atoms with E-state index in [1.54, 1.807) is 12.1 Å². The van der Waals surface area contributed by atoms with Gasteiger partial charge in [-0.05, 0) is 30.3 Å². The van der Waals surface area contributed by atoms with E-state index >= 15 is 0 Å². The molecule has 0 aliphatic rings. The molecule has 0 saturated carbocycles. The summed E-state index contributed by atoms with van der Waals surface area (Å²) in [5, 5.41) is 2.53. The lowest BCUT2D eigenvalue weighted by atomic mass is 10.2. The van der Waals surface area contributed by atoms with Crippen LogP contribution in [0.2, 0.25) is 0 Å². The third-order valence-corrected chi connectivity index (χ3v) is 5.03. The van der Waals surface area contributed by atoms with Gasteiger partial charge in [0.15, 0.2) is 6.61 Å². The maximum Gasteiger partial charge on any atom is 0.338 e. The first-order chi connectivity index (χ1) is 11.8. The molecule has 1 aromatic heterocycles. The maximum absolute atomic E-state index is 12.1. The molecule has 9 heteroatoms. The Hall–Kier alpha value is -2.65. The molecule has 0 atom stereocenters. The molecule has 134 valence electrons. The van der Waals surface area contributed by atoms with Gasteiger partial charge in [0.1, 0.15) is 5.76 Å². The third kappa shape index (κ3) is 4.91. The largest absolute Gasteiger partial charge is 0.467 e. The van der Waals surface area contributed by atoms with Crippen molar-refractivity contribution in [2.75, 3.05) is 20.7 Å². The molecule has 0 aliphatic carbocycles. The van der Waals surface area contributed by atoms with Gasteiger partial charge in [0.25, 0.3) is 5.91 Å². The number of carbonyl (C=O) groups excluding carboxylic acids is 2. The second-order valence-corrected chi connectivity index (χ2v) is 7.40. The Kier molecular flexibility index (Phi) is 5.94. The first-order valence-corrected chi connectivity index (χ1v) is 8.73. The number of esters is 1. The normalized spacial score (nSPS) is 11.3. The highest BCUT2D eigenvalue weighted by atomic mass is 32.2. The van der Waals surface area contributed by atoms with Crippen molar-refractivity contribution in [2.45, 2.75) is 11.4 Å². The molecule has 25 heavy (non-hydrogen) atoms. The predicted octanol–water partition coefficient (Wildman–Crippen LogP) is 1.00. The summed E-state index contributed by atoms with van der Waals surface area (Å²) in [7, 11) is -0.877.